The Morgan fingerprint density at radius 2 is 2.23 bits per heavy atom. The fraction of sp³-hybridized carbons (Fsp3) is 0.636. The zero-order chi connectivity index (χ0) is 22.0. The lowest BCUT2D eigenvalue weighted by Gasteiger charge is -2.31. The number of fused-ring (bicyclic) bond motifs is 1. The minimum Gasteiger partial charge on any atom is -0.388 e. The summed E-state index contributed by atoms with van der Waals surface area (Å²) in [6.07, 6.45) is 3.90. The van der Waals surface area contributed by atoms with Crippen LogP contribution < -0.4 is 4.90 Å². The largest absolute Gasteiger partial charge is 0.388 e. The van der Waals surface area contributed by atoms with Crippen LogP contribution in [0.4, 0.5) is 5.69 Å². The van der Waals surface area contributed by atoms with Crippen LogP contribution in [0.15, 0.2) is 17.4 Å². The predicted octanol–water partition coefficient (Wildman–Crippen LogP) is 2.52. The Morgan fingerprint density at radius 1 is 1.39 bits per heavy atom. The third-order valence-electron chi connectivity index (χ3n) is 6.12. The van der Waals surface area contributed by atoms with E-state index in [2.05, 4.69) is 40.3 Å². The molecule has 2 aromatic heterocycles. The lowest BCUT2D eigenvalue weighted by molar-refractivity contribution is 0.0685. The first-order valence-electron chi connectivity index (χ1n) is 11.0. The normalized spacial score (nSPS) is 22.5. The van der Waals surface area contributed by atoms with E-state index in [4.69, 9.17) is 14.6 Å². The molecule has 4 heterocycles. The molecule has 9 nitrogen and oxygen atoms in total. The molecule has 9 heteroatoms. The van der Waals surface area contributed by atoms with Gasteiger partial charge in [-0.15, -0.1) is 5.10 Å². The average molecular weight is 429 g/mol. The van der Waals surface area contributed by atoms with E-state index in [0.29, 0.717) is 18.9 Å². The summed E-state index contributed by atoms with van der Waals surface area (Å²) in [5.41, 5.74) is 6.42. The number of hydrogen-bond acceptors (Lipinski definition) is 8. The molecule has 0 bridgehead atoms. The number of aliphatic hydroxyl groups excluding tert-OH is 1. The Balaban J connectivity index is 1.32. The topological polar surface area (TPSA) is 97.9 Å². The highest BCUT2D eigenvalue weighted by Crippen LogP contribution is 2.28. The number of aliphatic hydroxyl groups is 1. The molecule has 4 rings (SSSR count). The van der Waals surface area contributed by atoms with Crippen LogP contribution in [-0.4, -0.2) is 63.2 Å². The summed E-state index contributed by atoms with van der Waals surface area (Å²) in [5.74, 6) is 0. The number of hydrogen-bond donors (Lipinski definition) is 1. The maximum absolute atomic E-state index is 9.95. The Hall–Kier alpha value is -2.52. The van der Waals surface area contributed by atoms with E-state index >= 15 is 0 Å². The lowest BCUT2D eigenvalue weighted by atomic mass is 10.0. The number of rotatable bonds is 7. The first-order chi connectivity index (χ1) is 14.9. The molecular formula is C22H32N6O3. The highest BCUT2D eigenvalue weighted by molar-refractivity contribution is 5.82. The third-order valence-corrected chi connectivity index (χ3v) is 6.12. The highest BCUT2D eigenvalue weighted by Gasteiger charge is 2.29. The molecule has 0 aromatic carbocycles. The average Bonchev–Trinajstić information content (AvgIpc) is 3.40. The van der Waals surface area contributed by atoms with Crippen LogP contribution in [0.2, 0.25) is 0 Å². The minimum atomic E-state index is -0.561. The van der Waals surface area contributed by atoms with Gasteiger partial charge in [0.2, 0.25) is 0 Å². The molecular weight excluding hydrogens is 396 g/mol. The molecule has 31 heavy (non-hydrogen) atoms. The summed E-state index contributed by atoms with van der Waals surface area (Å²) in [6.45, 7) is 10.8. The van der Waals surface area contributed by atoms with Gasteiger partial charge < -0.3 is 19.6 Å². The van der Waals surface area contributed by atoms with Crippen molar-refractivity contribution in [3.8, 4) is 0 Å². The number of oxime groups is 1. The van der Waals surface area contributed by atoms with Crippen LogP contribution in [0, 0.1) is 13.8 Å². The Kier molecular flexibility index (Phi) is 6.52. The monoisotopic (exact) mass is 428 g/mol. The summed E-state index contributed by atoms with van der Waals surface area (Å²) < 4.78 is 6.93. The second-order valence-electron chi connectivity index (χ2n) is 8.57. The molecule has 0 saturated carbocycles. The SMILES string of the molecule is CC(CCN1CCCc2nc(C)c(C)cc21)=NO[C@H](C)c1cn([C@@H]2COC[C@H]2O)nn1. The molecule has 1 saturated heterocycles. The molecule has 0 aliphatic carbocycles. The van der Waals surface area contributed by atoms with Crippen LogP contribution in [0.1, 0.15) is 61.5 Å². The quantitative estimate of drug-likeness (QED) is 0.534. The zero-order valence-electron chi connectivity index (χ0n) is 18.8. The van der Waals surface area contributed by atoms with Gasteiger partial charge in [0.25, 0.3) is 0 Å². The molecule has 2 aromatic rings. The molecule has 0 unspecified atom stereocenters. The van der Waals surface area contributed by atoms with E-state index in [1.807, 2.05) is 13.8 Å². The smallest absolute Gasteiger partial charge is 0.169 e. The molecule has 2 aliphatic heterocycles. The number of pyridine rings is 1. The number of ether oxygens (including phenoxy) is 1. The zero-order valence-corrected chi connectivity index (χ0v) is 18.8. The van der Waals surface area contributed by atoms with Crippen LogP contribution in [-0.2, 0) is 16.0 Å². The molecule has 0 amide bonds. The van der Waals surface area contributed by atoms with E-state index < -0.39 is 6.10 Å². The second-order valence-corrected chi connectivity index (χ2v) is 8.57. The van der Waals surface area contributed by atoms with Crippen molar-refractivity contribution < 1.29 is 14.7 Å². The minimum absolute atomic E-state index is 0.201. The first kappa shape index (κ1) is 21.7. The number of nitrogens with zero attached hydrogens (tertiary/aromatic N) is 6. The Bertz CT molecular complexity index is 943. The predicted molar refractivity (Wildman–Crippen MR) is 117 cm³/mol. The standard InChI is InChI=1S/C22H32N6O3/c1-14-10-20-18(23-16(14)3)6-5-8-27(20)9-7-15(2)25-31-17(4)19-11-28(26-24-19)21-12-30-13-22(21)29/h10-11,17,21-22,29H,5-9,12-13H2,1-4H3/t17-,21-,22-/m1/s1. The van der Waals surface area contributed by atoms with Crippen molar-refractivity contribution in [2.45, 2.75) is 65.2 Å². The van der Waals surface area contributed by atoms with Gasteiger partial charge in [-0.05, 0) is 52.2 Å². The van der Waals surface area contributed by atoms with Crippen molar-refractivity contribution in [2.75, 3.05) is 31.2 Å². The van der Waals surface area contributed by atoms with Crippen LogP contribution in [0.3, 0.4) is 0 Å². The van der Waals surface area contributed by atoms with E-state index in [1.54, 1.807) is 10.9 Å². The van der Waals surface area contributed by atoms with Gasteiger partial charge in [-0.2, -0.15) is 0 Å². The maximum atomic E-state index is 9.95. The molecule has 1 fully saturated rings. The molecule has 3 atom stereocenters. The number of aromatic nitrogens is 4. The molecule has 2 aliphatic rings. The summed E-state index contributed by atoms with van der Waals surface area (Å²) >= 11 is 0. The summed E-state index contributed by atoms with van der Waals surface area (Å²) in [4.78, 5) is 12.9. The van der Waals surface area contributed by atoms with E-state index in [0.717, 1.165) is 43.8 Å². The van der Waals surface area contributed by atoms with Crippen molar-refractivity contribution in [3.63, 3.8) is 0 Å². The van der Waals surface area contributed by atoms with Crippen molar-refractivity contribution >= 4 is 11.4 Å². The first-order valence-corrected chi connectivity index (χ1v) is 11.0. The van der Waals surface area contributed by atoms with Crippen molar-refractivity contribution in [3.05, 3.63) is 34.9 Å². The van der Waals surface area contributed by atoms with Gasteiger partial charge in [0, 0.05) is 25.2 Å². The van der Waals surface area contributed by atoms with Gasteiger partial charge in [0.15, 0.2) is 6.10 Å². The molecule has 1 N–H and O–H groups in total. The lowest BCUT2D eigenvalue weighted by Crippen LogP contribution is -2.32. The van der Waals surface area contributed by atoms with E-state index in [9.17, 15) is 5.11 Å². The van der Waals surface area contributed by atoms with E-state index in [-0.39, 0.29) is 12.1 Å². The summed E-state index contributed by atoms with van der Waals surface area (Å²) in [5, 5.41) is 22.5. The third kappa shape index (κ3) is 4.88. The molecule has 168 valence electrons. The number of anilines is 1. The molecule has 0 radical (unpaired) electrons. The van der Waals surface area contributed by atoms with Gasteiger partial charge >= 0.3 is 0 Å². The summed E-state index contributed by atoms with van der Waals surface area (Å²) in [6, 6.07) is 2.06. The van der Waals surface area contributed by atoms with Gasteiger partial charge in [-0.1, -0.05) is 10.4 Å². The van der Waals surface area contributed by atoms with Crippen LogP contribution in [0.25, 0.3) is 0 Å². The Labute approximate surface area is 183 Å². The van der Waals surface area contributed by atoms with Crippen molar-refractivity contribution in [1.82, 2.24) is 20.0 Å². The highest BCUT2D eigenvalue weighted by atomic mass is 16.6. The van der Waals surface area contributed by atoms with E-state index in [1.165, 1.54) is 16.9 Å². The van der Waals surface area contributed by atoms with Gasteiger partial charge in [-0.3, -0.25) is 4.98 Å². The molecule has 0 spiro atoms. The fourth-order valence-corrected chi connectivity index (χ4v) is 3.98. The van der Waals surface area contributed by atoms with Gasteiger partial charge in [0.05, 0.1) is 36.5 Å². The van der Waals surface area contributed by atoms with Crippen LogP contribution in [0.5, 0.6) is 0 Å². The van der Waals surface area contributed by atoms with Gasteiger partial charge in [0.1, 0.15) is 17.8 Å². The summed E-state index contributed by atoms with van der Waals surface area (Å²) in [7, 11) is 0. The van der Waals surface area contributed by atoms with Crippen molar-refractivity contribution in [1.29, 1.82) is 0 Å². The number of aryl methyl sites for hydroxylation is 3. The van der Waals surface area contributed by atoms with Crippen LogP contribution >= 0.6 is 0 Å². The van der Waals surface area contributed by atoms with Crippen molar-refractivity contribution in [2.24, 2.45) is 5.16 Å². The van der Waals surface area contributed by atoms with Gasteiger partial charge in [-0.25, -0.2) is 4.68 Å². The fourth-order valence-electron chi connectivity index (χ4n) is 3.98. The maximum Gasteiger partial charge on any atom is 0.169 e. The second kappa shape index (κ2) is 9.32. The Morgan fingerprint density at radius 3 is 3.00 bits per heavy atom.